The SMILES string of the molecule is CCC(C)(C)N.CCCCCCCCCCCCCCCCCC(=O)O. The number of nitrogens with two attached hydrogens (primary N) is 1. The van der Waals surface area contributed by atoms with Crippen LogP contribution in [0, 0.1) is 0 Å². The average Bonchev–Trinajstić information content (AvgIpc) is 2.58. The zero-order valence-corrected chi connectivity index (χ0v) is 18.5. The molecule has 0 radical (unpaired) electrons. The van der Waals surface area contributed by atoms with Crippen LogP contribution in [0.25, 0.3) is 0 Å². The van der Waals surface area contributed by atoms with E-state index in [1.807, 2.05) is 13.8 Å². The fourth-order valence-electron chi connectivity index (χ4n) is 2.65. The summed E-state index contributed by atoms with van der Waals surface area (Å²) in [6.45, 7) is 8.40. The van der Waals surface area contributed by atoms with Gasteiger partial charge in [-0.1, -0.05) is 104 Å². The molecule has 0 fully saturated rings. The predicted octanol–water partition coefficient (Wildman–Crippen LogP) is 7.47. The lowest BCUT2D eigenvalue weighted by Crippen LogP contribution is -2.30. The van der Waals surface area contributed by atoms with Gasteiger partial charge in [-0.15, -0.1) is 0 Å². The molecule has 3 heteroatoms. The minimum atomic E-state index is -0.653. The molecule has 0 aromatic heterocycles. The van der Waals surface area contributed by atoms with Gasteiger partial charge in [0.05, 0.1) is 0 Å². The monoisotopic (exact) mass is 371 g/mol. The topological polar surface area (TPSA) is 63.3 Å². The van der Waals surface area contributed by atoms with Gasteiger partial charge in [0.2, 0.25) is 0 Å². The molecule has 0 aromatic carbocycles. The largest absolute Gasteiger partial charge is 0.481 e. The lowest BCUT2D eigenvalue weighted by atomic mass is 10.0. The first-order valence-corrected chi connectivity index (χ1v) is 11.3. The maximum absolute atomic E-state index is 10.3. The van der Waals surface area contributed by atoms with Crippen LogP contribution in [0.4, 0.5) is 0 Å². The fraction of sp³-hybridized carbons (Fsp3) is 0.957. The highest BCUT2D eigenvalue weighted by atomic mass is 16.4. The number of carboxylic acid groups (broad SMARTS) is 1. The van der Waals surface area contributed by atoms with Crippen molar-refractivity contribution in [2.24, 2.45) is 5.73 Å². The second-order valence-electron chi connectivity index (χ2n) is 8.44. The molecule has 3 nitrogen and oxygen atoms in total. The summed E-state index contributed by atoms with van der Waals surface area (Å²) in [4.78, 5) is 10.3. The quantitative estimate of drug-likeness (QED) is 0.261. The molecule has 26 heavy (non-hydrogen) atoms. The Morgan fingerprint density at radius 3 is 1.19 bits per heavy atom. The number of carboxylic acids is 1. The second-order valence-corrected chi connectivity index (χ2v) is 8.44. The summed E-state index contributed by atoms with van der Waals surface area (Å²) < 4.78 is 0. The number of aliphatic carboxylic acids is 1. The van der Waals surface area contributed by atoms with Crippen molar-refractivity contribution in [3.8, 4) is 0 Å². The van der Waals surface area contributed by atoms with Crippen LogP contribution in [0.3, 0.4) is 0 Å². The van der Waals surface area contributed by atoms with Crippen molar-refractivity contribution in [1.29, 1.82) is 0 Å². The van der Waals surface area contributed by atoms with E-state index in [4.69, 9.17) is 10.8 Å². The van der Waals surface area contributed by atoms with Crippen LogP contribution in [0.5, 0.6) is 0 Å². The molecule has 0 saturated heterocycles. The molecule has 3 N–H and O–H groups in total. The Hall–Kier alpha value is -0.570. The van der Waals surface area contributed by atoms with E-state index in [1.165, 1.54) is 83.5 Å². The highest BCUT2D eigenvalue weighted by Gasteiger charge is 2.03. The van der Waals surface area contributed by atoms with Crippen molar-refractivity contribution in [2.45, 2.75) is 142 Å². The van der Waals surface area contributed by atoms with Crippen LogP contribution >= 0.6 is 0 Å². The van der Waals surface area contributed by atoms with E-state index in [9.17, 15) is 4.79 Å². The minimum Gasteiger partial charge on any atom is -0.481 e. The smallest absolute Gasteiger partial charge is 0.303 e. The van der Waals surface area contributed by atoms with Gasteiger partial charge >= 0.3 is 5.97 Å². The summed E-state index contributed by atoms with van der Waals surface area (Å²) in [5.74, 6) is -0.653. The molecule has 158 valence electrons. The van der Waals surface area contributed by atoms with E-state index in [0.717, 1.165) is 19.3 Å². The summed E-state index contributed by atoms with van der Waals surface area (Å²) in [5, 5.41) is 8.52. The van der Waals surface area contributed by atoms with Crippen molar-refractivity contribution in [3.63, 3.8) is 0 Å². The molecular weight excluding hydrogens is 322 g/mol. The molecule has 0 saturated carbocycles. The van der Waals surface area contributed by atoms with Crippen LogP contribution in [0.15, 0.2) is 0 Å². The van der Waals surface area contributed by atoms with Gasteiger partial charge in [0.1, 0.15) is 0 Å². The molecular formula is C23H49NO2. The molecule has 0 spiro atoms. The number of hydrogen-bond donors (Lipinski definition) is 2. The zero-order valence-electron chi connectivity index (χ0n) is 18.5. The third kappa shape index (κ3) is 31.2. The molecule has 0 aliphatic carbocycles. The molecule has 0 unspecified atom stereocenters. The summed E-state index contributed by atoms with van der Waals surface area (Å²) >= 11 is 0. The third-order valence-corrected chi connectivity index (χ3v) is 4.91. The van der Waals surface area contributed by atoms with Gasteiger partial charge in [-0.3, -0.25) is 4.79 Å². The number of unbranched alkanes of at least 4 members (excludes halogenated alkanes) is 14. The zero-order chi connectivity index (χ0) is 20.1. The normalized spacial score (nSPS) is 11.1. The average molecular weight is 372 g/mol. The number of carbonyl (C=O) groups is 1. The number of rotatable bonds is 17. The van der Waals surface area contributed by atoms with Crippen LogP contribution in [0.2, 0.25) is 0 Å². The standard InChI is InChI=1S/C18H36O2.C5H13N/c1-2-3-4-5-6-7-8-9-10-11-12-13-14-15-16-17-18(19)20;1-4-5(2,3)6/h2-17H2,1H3,(H,19,20);4,6H2,1-3H3. The highest BCUT2D eigenvalue weighted by molar-refractivity contribution is 5.66. The maximum Gasteiger partial charge on any atom is 0.303 e. The molecule has 0 amide bonds. The second kappa shape index (κ2) is 20.7. The Morgan fingerprint density at radius 1 is 0.692 bits per heavy atom. The van der Waals surface area contributed by atoms with E-state index in [1.54, 1.807) is 0 Å². The van der Waals surface area contributed by atoms with Gasteiger partial charge in [0.15, 0.2) is 0 Å². The summed E-state index contributed by atoms with van der Waals surface area (Å²) in [6.07, 6.45) is 21.2. The Balaban J connectivity index is 0. The van der Waals surface area contributed by atoms with Crippen molar-refractivity contribution >= 4 is 5.97 Å². The molecule has 0 aliphatic rings. The molecule has 0 heterocycles. The molecule has 0 aromatic rings. The Kier molecular flexibility index (Phi) is 22.1. The van der Waals surface area contributed by atoms with Crippen molar-refractivity contribution < 1.29 is 9.90 Å². The highest BCUT2D eigenvalue weighted by Crippen LogP contribution is 2.13. The molecule has 0 bridgehead atoms. The fourth-order valence-corrected chi connectivity index (χ4v) is 2.65. The van der Waals surface area contributed by atoms with Crippen molar-refractivity contribution in [1.82, 2.24) is 0 Å². The summed E-state index contributed by atoms with van der Waals surface area (Å²) in [7, 11) is 0. The first-order chi connectivity index (χ1) is 12.3. The van der Waals surface area contributed by atoms with Gasteiger partial charge < -0.3 is 10.8 Å². The van der Waals surface area contributed by atoms with E-state index >= 15 is 0 Å². The van der Waals surface area contributed by atoms with E-state index < -0.39 is 5.97 Å². The number of hydrogen-bond acceptors (Lipinski definition) is 2. The predicted molar refractivity (Wildman–Crippen MR) is 116 cm³/mol. The van der Waals surface area contributed by atoms with Crippen LogP contribution < -0.4 is 5.73 Å². The van der Waals surface area contributed by atoms with E-state index in [-0.39, 0.29) is 5.54 Å². The first kappa shape index (κ1) is 27.6. The molecule has 0 atom stereocenters. The Bertz CT molecular complexity index is 284. The van der Waals surface area contributed by atoms with E-state index in [2.05, 4.69) is 13.8 Å². The lowest BCUT2D eigenvalue weighted by Gasteiger charge is -2.13. The Labute approximate surface area is 164 Å². The van der Waals surface area contributed by atoms with Gasteiger partial charge in [-0.25, -0.2) is 0 Å². The minimum absolute atomic E-state index is 0.0417. The van der Waals surface area contributed by atoms with E-state index in [0.29, 0.717) is 6.42 Å². The first-order valence-electron chi connectivity index (χ1n) is 11.3. The molecule has 0 rings (SSSR count). The van der Waals surface area contributed by atoms with Gasteiger partial charge in [-0.2, -0.15) is 0 Å². The molecule has 0 aliphatic heterocycles. The summed E-state index contributed by atoms with van der Waals surface area (Å²) in [6, 6.07) is 0. The van der Waals surface area contributed by atoms with Crippen molar-refractivity contribution in [3.05, 3.63) is 0 Å². The van der Waals surface area contributed by atoms with Crippen molar-refractivity contribution in [2.75, 3.05) is 0 Å². The van der Waals surface area contributed by atoms with Crippen LogP contribution in [0.1, 0.15) is 137 Å². The van der Waals surface area contributed by atoms with Crippen LogP contribution in [-0.4, -0.2) is 16.6 Å². The van der Waals surface area contributed by atoms with Gasteiger partial charge in [-0.05, 0) is 26.7 Å². The summed E-state index contributed by atoms with van der Waals surface area (Å²) in [5.41, 5.74) is 5.58. The van der Waals surface area contributed by atoms with Crippen LogP contribution in [-0.2, 0) is 4.79 Å². The third-order valence-electron chi connectivity index (χ3n) is 4.91. The Morgan fingerprint density at radius 2 is 0.962 bits per heavy atom. The van der Waals surface area contributed by atoms with Gasteiger partial charge in [0, 0.05) is 12.0 Å². The maximum atomic E-state index is 10.3. The van der Waals surface area contributed by atoms with Gasteiger partial charge in [0.25, 0.3) is 0 Å². The lowest BCUT2D eigenvalue weighted by molar-refractivity contribution is -0.137.